The maximum Gasteiger partial charge on any atom is 0.472 e. The number of rotatable bonds is 59. The third-order valence-corrected chi connectivity index (χ3v) is 19.9. The molecule has 2 aliphatic heterocycles. The van der Waals surface area contributed by atoms with Crippen LogP contribution in [0.1, 0.15) is 303 Å². The monoisotopic (exact) mass is 1400 g/mol. The molecule has 0 aromatic carbocycles. The highest BCUT2D eigenvalue weighted by Crippen LogP contribution is 2.49. The molecule has 0 radical (unpaired) electrons. The van der Waals surface area contributed by atoms with Gasteiger partial charge in [-0.1, -0.05) is 265 Å². The van der Waals surface area contributed by atoms with Gasteiger partial charge in [0.2, 0.25) is 0 Å². The van der Waals surface area contributed by atoms with Crippen LogP contribution in [-0.4, -0.2) is 204 Å². The van der Waals surface area contributed by atoms with Gasteiger partial charge in [0.25, 0.3) is 0 Å². The van der Waals surface area contributed by atoms with Crippen molar-refractivity contribution in [3.8, 4) is 0 Å². The molecule has 0 bridgehead atoms. The van der Waals surface area contributed by atoms with Gasteiger partial charge >= 0.3 is 25.7 Å². The Labute approximate surface area is 574 Å². The van der Waals surface area contributed by atoms with Gasteiger partial charge in [-0.05, 0) is 19.3 Å². The number of aliphatic hydroxyl groups is 10. The average Bonchev–Trinajstić information content (AvgIpc) is 0.764. The Morgan fingerprint density at radius 1 is 0.365 bits per heavy atom. The lowest BCUT2D eigenvalue weighted by Gasteiger charge is -2.49. The molecule has 1 aliphatic carbocycles. The summed E-state index contributed by atoms with van der Waals surface area (Å²) in [6.07, 6.45) is 10.3. The van der Waals surface area contributed by atoms with E-state index in [0.29, 0.717) is 19.3 Å². The Balaban J connectivity index is 1.73. The largest absolute Gasteiger partial charge is 0.472 e. The van der Waals surface area contributed by atoms with Crippen molar-refractivity contribution in [3.63, 3.8) is 0 Å². The molecule has 566 valence electrons. The lowest BCUT2D eigenvalue weighted by atomic mass is 9.84. The summed E-state index contributed by atoms with van der Waals surface area (Å²) in [5, 5.41) is 110. The van der Waals surface area contributed by atoms with Crippen molar-refractivity contribution in [2.75, 3.05) is 26.4 Å². The number of ether oxygens (including phenoxy) is 7. The summed E-state index contributed by atoms with van der Waals surface area (Å²) in [7, 11) is -5.69. The third-order valence-electron chi connectivity index (χ3n) is 18.9. The molecule has 2 heterocycles. The Kier molecular flexibility index (Phi) is 49.4. The van der Waals surface area contributed by atoms with Crippen molar-refractivity contribution in [2.24, 2.45) is 0 Å². The zero-order valence-electron chi connectivity index (χ0n) is 58.9. The minimum absolute atomic E-state index is 0.0328. The summed E-state index contributed by atoms with van der Waals surface area (Å²) in [5.74, 6) is -1.97. The van der Waals surface area contributed by atoms with Crippen LogP contribution in [0.5, 0.6) is 0 Å². The van der Waals surface area contributed by atoms with Gasteiger partial charge in [0.15, 0.2) is 18.7 Å². The van der Waals surface area contributed by atoms with E-state index in [1.54, 1.807) is 0 Å². The maximum absolute atomic E-state index is 14.3. The van der Waals surface area contributed by atoms with E-state index < -0.39 is 156 Å². The molecule has 25 heteroatoms. The summed E-state index contributed by atoms with van der Waals surface area (Å²) >= 11 is 0. The number of aliphatic hydroxyl groups excluding tert-OH is 10. The standard InChI is InChI=1S/C71H133O24P/c1-4-7-10-13-16-19-22-25-26-27-28-29-32-35-38-41-44-47-57(75)90-52(49-87-55(73)45-42-39-36-33-30-23-20-17-14-11-8-5-2)50-89-96(85,86)95-69-67(93-70-65(83)60(78)58(76)53(48-72)91-70)63(81)62(80)64(82)68(69)94-71-66(84)61(79)59(77)54(92-71)51-88-56(74)46-43-40-37-34-31-24-21-18-15-12-9-6-3/h52-54,58-72,76-84H,4-51H2,1-3H3,(H,85,86). The van der Waals surface area contributed by atoms with E-state index in [-0.39, 0.29) is 19.3 Å². The predicted molar refractivity (Wildman–Crippen MR) is 361 cm³/mol. The van der Waals surface area contributed by atoms with E-state index >= 15 is 0 Å². The molecule has 0 aromatic rings. The SMILES string of the molecule is CCCCCCCCCCCCCCCCCCCC(=O)OC(COC(=O)CCCCCCCCCCCCCC)COP(=O)(O)OC1C(OC2OC(CO)C(O)C(O)C2O)C(O)C(O)C(O)C1OC1OC(COC(=O)CCCCCCCCCCCCCC)C(O)C(O)C1O. The van der Waals surface area contributed by atoms with Crippen LogP contribution in [0.15, 0.2) is 0 Å². The van der Waals surface area contributed by atoms with Crippen molar-refractivity contribution in [2.45, 2.75) is 407 Å². The minimum Gasteiger partial charge on any atom is -0.463 e. The summed E-state index contributed by atoms with van der Waals surface area (Å²) in [6, 6.07) is 0. The Morgan fingerprint density at radius 2 is 0.667 bits per heavy atom. The first kappa shape index (κ1) is 88.2. The van der Waals surface area contributed by atoms with Gasteiger partial charge in [-0.3, -0.25) is 23.4 Å². The lowest BCUT2D eigenvalue weighted by Crippen LogP contribution is -2.69. The Hall–Kier alpha value is -2.04. The van der Waals surface area contributed by atoms with Gasteiger partial charge in [0, 0.05) is 19.3 Å². The van der Waals surface area contributed by atoms with Gasteiger partial charge in [0.1, 0.15) is 98.7 Å². The van der Waals surface area contributed by atoms with Gasteiger partial charge in [-0.2, -0.15) is 0 Å². The van der Waals surface area contributed by atoms with Crippen LogP contribution in [-0.2, 0) is 61.2 Å². The number of carbonyl (C=O) groups excluding carboxylic acids is 3. The molecule has 2 saturated heterocycles. The molecule has 18 atom stereocenters. The first-order valence-electron chi connectivity index (χ1n) is 37.8. The van der Waals surface area contributed by atoms with Crippen molar-refractivity contribution in [1.82, 2.24) is 0 Å². The van der Waals surface area contributed by atoms with Crippen LogP contribution in [0.2, 0.25) is 0 Å². The number of hydrogen-bond acceptors (Lipinski definition) is 23. The lowest BCUT2D eigenvalue weighted by molar-refractivity contribution is -0.360. The van der Waals surface area contributed by atoms with Crippen LogP contribution in [0, 0.1) is 0 Å². The van der Waals surface area contributed by atoms with Crippen LogP contribution >= 0.6 is 7.82 Å². The van der Waals surface area contributed by atoms with Crippen LogP contribution in [0.4, 0.5) is 0 Å². The molecule has 24 nitrogen and oxygen atoms in total. The summed E-state index contributed by atoms with van der Waals surface area (Å²) in [5.41, 5.74) is 0. The predicted octanol–water partition coefficient (Wildman–Crippen LogP) is 10.2. The number of unbranched alkanes of at least 4 members (excludes halogenated alkanes) is 38. The van der Waals surface area contributed by atoms with Gasteiger partial charge < -0.3 is 89.1 Å². The average molecular weight is 1400 g/mol. The highest BCUT2D eigenvalue weighted by Gasteiger charge is 2.58. The first-order valence-corrected chi connectivity index (χ1v) is 39.3. The number of phosphoric ester groups is 1. The molecular weight excluding hydrogens is 1270 g/mol. The van der Waals surface area contributed by atoms with Crippen LogP contribution < -0.4 is 0 Å². The molecule has 0 aromatic heterocycles. The van der Waals surface area contributed by atoms with Crippen LogP contribution in [0.3, 0.4) is 0 Å². The second-order valence-electron chi connectivity index (χ2n) is 27.4. The highest BCUT2D eigenvalue weighted by molar-refractivity contribution is 7.47. The molecular formula is C71H133O24P. The molecule has 18 unspecified atom stereocenters. The Morgan fingerprint density at radius 3 is 1.02 bits per heavy atom. The summed E-state index contributed by atoms with van der Waals surface area (Å²) < 4.78 is 65.0. The molecule has 96 heavy (non-hydrogen) atoms. The normalized spacial score (nSPS) is 27.9. The first-order chi connectivity index (χ1) is 46.3. The highest BCUT2D eigenvalue weighted by atomic mass is 31.2. The van der Waals surface area contributed by atoms with Crippen molar-refractivity contribution in [1.29, 1.82) is 0 Å². The molecule has 3 rings (SSSR count). The second kappa shape index (κ2) is 53.7. The van der Waals surface area contributed by atoms with E-state index in [9.17, 15) is 74.9 Å². The van der Waals surface area contributed by atoms with E-state index in [0.717, 1.165) is 96.3 Å². The van der Waals surface area contributed by atoms with Crippen molar-refractivity contribution >= 4 is 25.7 Å². The van der Waals surface area contributed by atoms with Crippen LogP contribution in [0.25, 0.3) is 0 Å². The quantitative estimate of drug-likeness (QED) is 0.0117. The van der Waals surface area contributed by atoms with Crippen molar-refractivity contribution in [3.05, 3.63) is 0 Å². The zero-order chi connectivity index (χ0) is 70.4. The van der Waals surface area contributed by atoms with Gasteiger partial charge in [0.05, 0.1) is 13.2 Å². The van der Waals surface area contributed by atoms with E-state index in [1.807, 2.05) is 0 Å². The third kappa shape index (κ3) is 36.7. The van der Waals surface area contributed by atoms with Gasteiger partial charge in [-0.25, -0.2) is 4.57 Å². The number of carbonyl (C=O) groups is 3. The fourth-order valence-corrected chi connectivity index (χ4v) is 13.7. The minimum atomic E-state index is -5.69. The molecule has 11 N–H and O–H groups in total. The molecule has 1 saturated carbocycles. The molecule has 0 spiro atoms. The van der Waals surface area contributed by atoms with Gasteiger partial charge in [-0.15, -0.1) is 0 Å². The van der Waals surface area contributed by atoms with E-state index in [2.05, 4.69) is 20.8 Å². The number of esters is 3. The fraction of sp³-hybridized carbons (Fsp3) is 0.958. The number of phosphoric acid groups is 1. The van der Waals surface area contributed by atoms with E-state index in [4.69, 9.17) is 42.2 Å². The maximum atomic E-state index is 14.3. The molecule has 3 aliphatic rings. The molecule has 3 fully saturated rings. The zero-order valence-corrected chi connectivity index (χ0v) is 59.8. The number of hydrogen-bond donors (Lipinski definition) is 11. The molecule has 0 amide bonds. The smallest absolute Gasteiger partial charge is 0.463 e. The second-order valence-corrected chi connectivity index (χ2v) is 28.8. The topological polar surface area (TPSA) is 374 Å². The summed E-state index contributed by atoms with van der Waals surface area (Å²) in [6.45, 7) is 3.46. The fourth-order valence-electron chi connectivity index (χ4n) is 12.7. The van der Waals surface area contributed by atoms with Crippen molar-refractivity contribution < 1.29 is 117 Å². The Bertz CT molecular complexity index is 1990. The van der Waals surface area contributed by atoms with E-state index in [1.165, 1.54) is 148 Å². The summed E-state index contributed by atoms with van der Waals surface area (Å²) in [4.78, 5) is 50.9.